The van der Waals surface area contributed by atoms with Crippen molar-refractivity contribution >= 4 is 23.9 Å². The molecule has 0 aromatic heterocycles. The first kappa shape index (κ1) is 34.8. The van der Waals surface area contributed by atoms with Gasteiger partial charge in [-0.15, -0.1) is 0 Å². The van der Waals surface area contributed by atoms with Crippen molar-refractivity contribution in [3.05, 3.63) is 70.8 Å². The molecule has 0 saturated heterocycles. The fourth-order valence-corrected chi connectivity index (χ4v) is 4.47. The molecule has 2 aromatic carbocycles. The van der Waals surface area contributed by atoms with E-state index in [1.807, 2.05) is 56.3 Å². The lowest BCUT2D eigenvalue weighted by atomic mass is 9.97. The van der Waals surface area contributed by atoms with E-state index < -0.39 is 59.7 Å². The highest BCUT2D eigenvalue weighted by Gasteiger charge is 2.37. The molecule has 0 spiro atoms. The largest absolute Gasteiger partial charge is 0.458 e. The van der Waals surface area contributed by atoms with Crippen LogP contribution in [0.3, 0.4) is 0 Å². The van der Waals surface area contributed by atoms with Gasteiger partial charge in [0.1, 0.15) is 35.9 Å². The van der Waals surface area contributed by atoms with Crippen LogP contribution in [-0.2, 0) is 30.3 Å². The molecule has 3 unspecified atom stereocenters. The topological polar surface area (TPSA) is 138 Å². The minimum Gasteiger partial charge on any atom is -0.458 e. The summed E-state index contributed by atoms with van der Waals surface area (Å²) in [4.78, 5) is 54.7. The highest BCUT2D eigenvalue weighted by atomic mass is 16.6. The number of aryl methyl sites for hydroxylation is 2. The predicted octanol–water partition coefficient (Wildman–Crippen LogP) is 4.68. The van der Waals surface area contributed by atoms with E-state index in [0.717, 1.165) is 21.6 Å². The molecule has 2 N–H and O–H groups in total. The zero-order valence-corrected chi connectivity index (χ0v) is 26.6. The lowest BCUT2D eigenvalue weighted by Crippen LogP contribution is -2.54. The van der Waals surface area contributed by atoms with Gasteiger partial charge in [0.2, 0.25) is 11.8 Å². The average molecular weight is 593 g/mol. The second kappa shape index (κ2) is 14.7. The van der Waals surface area contributed by atoms with Gasteiger partial charge in [0, 0.05) is 6.42 Å². The maximum atomic E-state index is 14.2. The summed E-state index contributed by atoms with van der Waals surface area (Å²) in [5, 5.41) is 15.0. The van der Waals surface area contributed by atoms with Gasteiger partial charge in [-0.1, -0.05) is 59.7 Å². The number of esters is 1. The zero-order valence-electron chi connectivity index (χ0n) is 26.6. The van der Waals surface area contributed by atoms with Gasteiger partial charge in [-0.2, -0.15) is 5.26 Å². The van der Waals surface area contributed by atoms with E-state index in [4.69, 9.17) is 9.47 Å². The van der Waals surface area contributed by atoms with E-state index in [0.29, 0.717) is 5.56 Å². The molecule has 2 aromatic rings. The maximum Gasteiger partial charge on any atom is 0.408 e. The molecule has 0 bridgehead atoms. The fourth-order valence-electron chi connectivity index (χ4n) is 4.47. The maximum absolute atomic E-state index is 14.2. The zero-order chi connectivity index (χ0) is 32.5. The molecule has 10 nitrogen and oxygen atoms in total. The van der Waals surface area contributed by atoms with Gasteiger partial charge >= 0.3 is 12.1 Å². The van der Waals surface area contributed by atoms with E-state index >= 15 is 0 Å². The van der Waals surface area contributed by atoms with Gasteiger partial charge < -0.3 is 25.0 Å². The van der Waals surface area contributed by atoms with Crippen molar-refractivity contribution in [3.63, 3.8) is 0 Å². The summed E-state index contributed by atoms with van der Waals surface area (Å²) in [6.07, 6.45) is -0.672. The highest BCUT2D eigenvalue weighted by Crippen LogP contribution is 2.25. The summed E-state index contributed by atoms with van der Waals surface area (Å²) in [6.45, 7) is 15.0. The lowest BCUT2D eigenvalue weighted by Gasteiger charge is -2.33. The van der Waals surface area contributed by atoms with Gasteiger partial charge in [0.05, 0.1) is 6.07 Å². The number of nitrogens with one attached hydrogen (secondary N) is 2. The van der Waals surface area contributed by atoms with Crippen molar-refractivity contribution < 1.29 is 28.7 Å². The molecule has 2 rings (SSSR count). The normalized spacial score (nSPS) is 13.5. The first-order chi connectivity index (χ1) is 19.9. The number of amides is 3. The van der Waals surface area contributed by atoms with Crippen molar-refractivity contribution in [2.45, 2.75) is 98.1 Å². The summed E-state index contributed by atoms with van der Waals surface area (Å²) < 4.78 is 10.9. The number of alkyl carbamates (subject to hydrolysis) is 1. The van der Waals surface area contributed by atoms with Crippen molar-refractivity contribution in [1.82, 2.24) is 15.5 Å². The smallest absolute Gasteiger partial charge is 0.408 e. The van der Waals surface area contributed by atoms with Crippen molar-refractivity contribution in [1.29, 1.82) is 5.26 Å². The Bertz CT molecular complexity index is 1320. The molecule has 0 aliphatic carbocycles. The SMILES string of the molecule is Cc1cc(C)cc(C(C(=O)NC(Cc2ccccc2)C(=O)OC(C)(C)C)N(CC#N)C(=O)C(C)NC(=O)OC(C)(C)C)c1. The van der Waals surface area contributed by atoms with Crippen LogP contribution in [0.15, 0.2) is 48.5 Å². The third-order valence-electron chi connectivity index (χ3n) is 6.04. The molecule has 3 atom stereocenters. The molecule has 0 heterocycles. The summed E-state index contributed by atoms with van der Waals surface area (Å²) in [7, 11) is 0. The van der Waals surface area contributed by atoms with Crippen LogP contribution in [0.1, 0.15) is 76.8 Å². The molecule has 3 amide bonds. The van der Waals surface area contributed by atoms with Crippen LogP contribution < -0.4 is 10.6 Å². The molecule has 0 aliphatic rings. The van der Waals surface area contributed by atoms with E-state index in [1.165, 1.54) is 6.92 Å². The number of hydrogen-bond donors (Lipinski definition) is 2. The lowest BCUT2D eigenvalue weighted by molar-refractivity contribution is -0.159. The Morgan fingerprint density at radius 1 is 0.884 bits per heavy atom. The standard InChI is InChI=1S/C33H44N4O6/c1-21-17-22(2)19-25(18-21)27(37(16-15-34)29(39)23(3)35-31(41)43-33(7,8)9)28(38)36-26(30(40)42-32(4,5)6)20-24-13-11-10-12-14-24/h10-14,17-19,23,26-27H,16,20H2,1-9H3,(H,35,41)(H,36,38). The van der Waals surface area contributed by atoms with Gasteiger partial charge in [0.15, 0.2) is 0 Å². The summed E-state index contributed by atoms with van der Waals surface area (Å²) in [5.41, 5.74) is 1.31. The third-order valence-corrected chi connectivity index (χ3v) is 6.04. The Balaban J connectivity index is 2.54. The molecule has 43 heavy (non-hydrogen) atoms. The van der Waals surface area contributed by atoms with Gasteiger partial charge in [0.25, 0.3) is 0 Å². The summed E-state index contributed by atoms with van der Waals surface area (Å²) in [6, 6.07) is 13.0. The minimum atomic E-state index is -1.30. The highest BCUT2D eigenvalue weighted by molar-refractivity contribution is 5.94. The number of benzene rings is 2. The number of nitriles is 1. The van der Waals surface area contributed by atoms with Crippen LogP contribution in [0.25, 0.3) is 0 Å². The quantitative estimate of drug-likeness (QED) is 0.302. The second-order valence-electron chi connectivity index (χ2n) is 12.6. The molecule has 0 saturated carbocycles. The molecule has 232 valence electrons. The van der Waals surface area contributed by atoms with Crippen LogP contribution in [0.4, 0.5) is 4.79 Å². The average Bonchev–Trinajstić information content (AvgIpc) is 2.85. The van der Waals surface area contributed by atoms with Gasteiger partial charge in [-0.05, 0) is 73.4 Å². The number of carbonyl (C=O) groups is 4. The third kappa shape index (κ3) is 11.4. The second-order valence-corrected chi connectivity index (χ2v) is 12.6. The Hall–Kier alpha value is -4.39. The van der Waals surface area contributed by atoms with Crippen molar-refractivity contribution in [3.8, 4) is 6.07 Å². The number of nitrogens with zero attached hydrogens (tertiary/aromatic N) is 2. The molecule has 0 fully saturated rings. The number of hydrogen-bond acceptors (Lipinski definition) is 7. The van der Waals surface area contributed by atoms with Crippen LogP contribution >= 0.6 is 0 Å². The molecule has 0 radical (unpaired) electrons. The number of rotatable bonds is 10. The summed E-state index contributed by atoms with van der Waals surface area (Å²) in [5.74, 6) is -1.99. The van der Waals surface area contributed by atoms with E-state index in [9.17, 15) is 24.4 Å². The first-order valence-electron chi connectivity index (χ1n) is 14.2. The van der Waals surface area contributed by atoms with Gasteiger partial charge in [-0.3, -0.25) is 9.59 Å². The first-order valence-corrected chi connectivity index (χ1v) is 14.2. The van der Waals surface area contributed by atoms with Crippen LogP contribution in [-0.4, -0.2) is 58.6 Å². The molecule has 10 heteroatoms. The minimum absolute atomic E-state index is 0.143. The fraction of sp³-hybridized carbons (Fsp3) is 0.485. The van der Waals surface area contributed by atoms with Crippen LogP contribution in [0.2, 0.25) is 0 Å². The van der Waals surface area contributed by atoms with Crippen LogP contribution in [0.5, 0.6) is 0 Å². The predicted molar refractivity (Wildman–Crippen MR) is 163 cm³/mol. The number of carbonyl (C=O) groups excluding carboxylic acids is 4. The van der Waals surface area contributed by atoms with Crippen molar-refractivity contribution in [2.75, 3.05) is 6.54 Å². The Labute approximate surface area is 254 Å². The van der Waals surface area contributed by atoms with E-state index in [-0.39, 0.29) is 6.42 Å². The van der Waals surface area contributed by atoms with Crippen molar-refractivity contribution in [2.24, 2.45) is 0 Å². The van der Waals surface area contributed by atoms with Crippen LogP contribution in [0, 0.1) is 25.2 Å². The Morgan fingerprint density at radius 3 is 1.95 bits per heavy atom. The van der Waals surface area contributed by atoms with Gasteiger partial charge in [-0.25, -0.2) is 9.59 Å². The molecular formula is C33H44N4O6. The molecule has 0 aliphatic heterocycles. The Kier molecular flexibility index (Phi) is 11.9. The number of ether oxygens (including phenoxy) is 2. The summed E-state index contributed by atoms with van der Waals surface area (Å²) >= 11 is 0. The monoisotopic (exact) mass is 592 g/mol. The van der Waals surface area contributed by atoms with E-state index in [1.54, 1.807) is 53.7 Å². The Morgan fingerprint density at radius 2 is 1.44 bits per heavy atom. The molecular weight excluding hydrogens is 548 g/mol. The van der Waals surface area contributed by atoms with E-state index in [2.05, 4.69) is 10.6 Å².